The minimum atomic E-state index is -3.78. The van der Waals surface area contributed by atoms with E-state index in [1.165, 1.54) is 6.07 Å². The van der Waals surface area contributed by atoms with Crippen molar-refractivity contribution in [2.75, 3.05) is 12.4 Å². The zero-order valence-electron chi connectivity index (χ0n) is 12.6. The average Bonchev–Trinajstić information content (AvgIpc) is 2.43. The second-order valence-electron chi connectivity index (χ2n) is 4.78. The normalized spacial score (nSPS) is 11.7. The first-order chi connectivity index (χ1) is 9.76. The molecule has 0 aliphatic heterocycles. The molecule has 0 aliphatic carbocycles. The van der Waals surface area contributed by atoms with E-state index in [1.807, 2.05) is 13.8 Å². The number of hydrogen-bond donors (Lipinski definition) is 2. The third-order valence-electron chi connectivity index (χ3n) is 3.36. The average molecular weight is 315 g/mol. The van der Waals surface area contributed by atoms with E-state index in [2.05, 4.69) is 10.0 Å². The van der Waals surface area contributed by atoms with Gasteiger partial charge in [0.2, 0.25) is 10.0 Å². The molecule has 2 N–H and O–H groups in total. The van der Waals surface area contributed by atoms with Gasteiger partial charge in [-0.25, -0.2) is 13.1 Å². The lowest BCUT2D eigenvalue weighted by atomic mass is 10.2. The molecule has 1 rings (SSSR count). The molecule has 0 radical (unpaired) electrons. The molecular weight excluding hydrogens is 294 g/mol. The van der Waals surface area contributed by atoms with E-state index in [4.69, 9.17) is 0 Å². The second-order valence-corrected chi connectivity index (χ2v) is 6.46. The van der Waals surface area contributed by atoms with Crippen LogP contribution in [-0.4, -0.2) is 26.4 Å². The molecule has 0 bridgehead atoms. The number of sulfonamides is 1. The highest BCUT2D eigenvalue weighted by molar-refractivity contribution is 7.89. The topological polar surface area (TPSA) is 101 Å². The minimum absolute atomic E-state index is 0.0555. The van der Waals surface area contributed by atoms with Crippen LogP contribution in [-0.2, 0) is 10.0 Å². The number of nitro benzene ring substituents is 1. The van der Waals surface area contributed by atoms with Crippen molar-refractivity contribution >= 4 is 21.4 Å². The predicted octanol–water partition coefficient (Wildman–Crippen LogP) is 2.41. The molecule has 0 fully saturated rings. The first-order valence-corrected chi connectivity index (χ1v) is 8.24. The van der Waals surface area contributed by atoms with E-state index in [0.717, 1.165) is 6.07 Å². The van der Waals surface area contributed by atoms with Crippen LogP contribution in [0, 0.1) is 17.0 Å². The molecule has 0 saturated heterocycles. The van der Waals surface area contributed by atoms with E-state index in [0.29, 0.717) is 24.1 Å². The third kappa shape index (κ3) is 3.92. The van der Waals surface area contributed by atoms with Crippen molar-refractivity contribution in [1.29, 1.82) is 0 Å². The van der Waals surface area contributed by atoms with Gasteiger partial charge in [0.05, 0.1) is 9.82 Å². The molecule has 118 valence electrons. The van der Waals surface area contributed by atoms with Crippen molar-refractivity contribution in [1.82, 2.24) is 4.72 Å². The maximum Gasteiger partial charge on any atom is 0.293 e. The van der Waals surface area contributed by atoms with Crippen molar-refractivity contribution in [2.45, 2.75) is 44.6 Å². The summed E-state index contributed by atoms with van der Waals surface area (Å²) in [5.74, 6) is 0. The maximum absolute atomic E-state index is 12.4. The van der Waals surface area contributed by atoms with Crippen LogP contribution in [0.1, 0.15) is 32.3 Å². The summed E-state index contributed by atoms with van der Waals surface area (Å²) in [6.07, 6.45) is 1.32. The van der Waals surface area contributed by atoms with E-state index >= 15 is 0 Å². The molecule has 0 heterocycles. The van der Waals surface area contributed by atoms with Crippen molar-refractivity contribution in [3.63, 3.8) is 0 Å². The summed E-state index contributed by atoms with van der Waals surface area (Å²) in [6, 6.07) is 2.39. The summed E-state index contributed by atoms with van der Waals surface area (Å²) >= 11 is 0. The van der Waals surface area contributed by atoms with Crippen LogP contribution in [0.25, 0.3) is 0 Å². The lowest BCUT2D eigenvalue weighted by molar-refractivity contribution is -0.384. The molecule has 8 heteroatoms. The molecule has 1 aromatic rings. The molecule has 0 aromatic heterocycles. The van der Waals surface area contributed by atoms with Crippen LogP contribution in [0.15, 0.2) is 17.0 Å². The lowest BCUT2D eigenvalue weighted by Gasteiger charge is -2.16. The van der Waals surface area contributed by atoms with Crippen LogP contribution in [0.2, 0.25) is 0 Å². The van der Waals surface area contributed by atoms with E-state index in [9.17, 15) is 18.5 Å². The highest BCUT2D eigenvalue weighted by Crippen LogP contribution is 2.30. The SMILES string of the molecule is CCC(CC)NS(=O)(=O)c1cc([N+](=O)[O-])c(NC)cc1C. The largest absolute Gasteiger partial charge is 0.383 e. The molecule has 0 saturated carbocycles. The first-order valence-electron chi connectivity index (χ1n) is 6.75. The number of nitrogens with zero attached hydrogens (tertiary/aromatic N) is 1. The molecule has 0 amide bonds. The van der Waals surface area contributed by atoms with Gasteiger partial charge in [-0.15, -0.1) is 0 Å². The van der Waals surface area contributed by atoms with Gasteiger partial charge in [-0.05, 0) is 31.4 Å². The first kappa shape index (κ1) is 17.4. The highest BCUT2D eigenvalue weighted by Gasteiger charge is 2.25. The van der Waals surface area contributed by atoms with Gasteiger partial charge in [-0.3, -0.25) is 10.1 Å². The number of rotatable bonds is 7. The Morgan fingerprint density at radius 2 is 1.86 bits per heavy atom. The molecule has 0 unspecified atom stereocenters. The summed E-state index contributed by atoms with van der Waals surface area (Å²) in [7, 11) is -2.22. The number of nitrogens with one attached hydrogen (secondary N) is 2. The zero-order valence-corrected chi connectivity index (χ0v) is 13.5. The molecule has 1 aromatic carbocycles. The molecule has 0 atom stereocenters. The van der Waals surface area contributed by atoms with Crippen molar-refractivity contribution in [3.05, 3.63) is 27.8 Å². The third-order valence-corrected chi connectivity index (χ3v) is 5.02. The monoisotopic (exact) mass is 315 g/mol. The summed E-state index contributed by atoms with van der Waals surface area (Å²) < 4.78 is 27.4. The Morgan fingerprint density at radius 3 is 2.29 bits per heavy atom. The van der Waals surface area contributed by atoms with Gasteiger partial charge >= 0.3 is 0 Å². The fourth-order valence-corrected chi connectivity index (χ4v) is 3.71. The van der Waals surface area contributed by atoms with Gasteiger partial charge in [0.25, 0.3) is 5.69 Å². The van der Waals surface area contributed by atoms with Gasteiger partial charge < -0.3 is 5.32 Å². The van der Waals surface area contributed by atoms with Crippen molar-refractivity contribution in [3.8, 4) is 0 Å². The fourth-order valence-electron chi connectivity index (χ4n) is 2.06. The Labute approximate surface area is 124 Å². The summed E-state index contributed by atoms with van der Waals surface area (Å²) in [5.41, 5.74) is 0.496. The Balaban J connectivity index is 3.36. The molecule has 7 nitrogen and oxygen atoms in total. The van der Waals surface area contributed by atoms with Crippen LogP contribution >= 0.6 is 0 Å². The minimum Gasteiger partial charge on any atom is -0.383 e. The fraction of sp³-hybridized carbons (Fsp3) is 0.538. The number of hydrogen-bond acceptors (Lipinski definition) is 5. The van der Waals surface area contributed by atoms with Crippen LogP contribution in [0.3, 0.4) is 0 Å². The Morgan fingerprint density at radius 1 is 1.29 bits per heavy atom. The summed E-state index contributed by atoms with van der Waals surface area (Å²) in [4.78, 5) is 10.4. The second kappa shape index (κ2) is 6.86. The van der Waals surface area contributed by atoms with Crippen molar-refractivity contribution in [2.24, 2.45) is 0 Å². The lowest BCUT2D eigenvalue weighted by Crippen LogP contribution is -2.34. The molecule has 0 spiro atoms. The van der Waals surface area contributed by atoms with Crippen LogP contribution in [0.5, 0.6) is 0 Å². The Bertz CT molecular complexity index is 625. The summed E-state index contributed by atoms with van der Waals surface area (Å²) in [6.45, 7) is 5.39. The van der Waals surface area contributed by atoms with Gasteiger partial charge in [-0.1, -0.05) is 13.8 Å². The van der Waals surface area contributed by atoms with E-state index < -0.39 is 14.9 Å². The summed E-state index contributed by atoms with van der Waals surface area (Å²) in [5, 5.41) is 13.8. The maximum atomic E-state index is 12.4. The van der Waals surface area contributed by atoms with E-state index in [-0.39, 0.29) is 16.6 Å². The molecular formula is C13H21N3O4S. The van der Waals surface area contributed by atoms with Crippen LogP contribution < -0.4 is 10.0 Å². The van der Waals surface area contributed by atoms with Gasteiger partial charge in [0.1, 0.15) is 5.69 Å². The number of benzene rings is 1. The number of nitro groups is 1. The van der Waals surface area contributed by atoms with Crippen molar-refractivity contribution < 1.29 is 13.3 Å². The smallest absolute Gasteiger partial charge is 0.293 e. The Kier molecular flexibility index (Phi) is 5.68. The number of anilines is 1. The van der Waals surface area contributed by atoms with Gasteiger partial charge in [0.15, 0.2) is 0 Å². The van der Waals surface area contributed by atoms with Gasteiger partial charge in [-0.2, -0.15) is 0 Å². The van der Waals surface area contributed by atoms with E-state index in [1.54, 1.807) is 14.0 Å². The quantitative estimate of drug-likeness (QED) is 0.594. The molecule has 0 aliphatic rings. The Hall–Kier alpha value is -1.67. The standard InChI is InChI=1S/C13H21N3O4S/c1-5-10(6-2)15-21(19,20)13-8-12(16(17)18)11(14-4)7-9(13)3/h7-8,10,14-15H,5-6H2,1-4H3. The number of aryl methyl sites for hydroxylation is 1. The molecule has 21 heavy (non-hydrogen) atoms. The van der Waals surface area contributed by atoms with Gasteiger partial charge in [0, 0.05) is 19.2 Å². The van der Waals surface area contributed by atoms with Crippen LogP contribution in [0.4, 0.5) is 11.4 Å². The highest BCUT2D eigenvalue weighted by atomic mass is 32.2. The zero-order chi connectivity index (χ0) is 16.2. The predicted molar refractivity (Wildman–Crippen MR) is 82.1 cm³/mol.